The Hall–Kier alpha value is -2.89. The zero-order valence-electron chi connectivity index (χ0n) is 14.8. The Kier molecular flexibility index (Phi) is 4.32. The number of rotatable bonds is 3. The van der Waals surface area contributed by atoms with Crippen molar-refractivity contribution in [3.8, 4) is 0 Å². The maximum Gasteiger partial charge on any atom is 0.272 e. The van der Waals surface area contributed by atoms with Gasteiger partial charge in [0.05, 0.1) is 0 Å². The van der Waals surface area contributed by atoms with Crippen LogP contribution in [0, 0.1) is 0 Å². The molecule has 0 bridgehead atoms. The van der Waals surface area contributed by atoms with Gasteiger partial charge < -0.3 is 14.7 Å². The van der Waals surface area contributed by atoms with Gasteiger partial charge >= 0.3 is 0 Å². The highest BCUT2D eigenvalue weighted by atomic mass is 16.2. The molecule has 1 fully saturated rings. The van der Waals surface area contributed by atoms with Crippen molar-refractivity contribution in [2.45, 2.75) is 19.4 Å². The molecule has 6 nitrogen and oxygen atoms in total. The molecule has 0 spiro atoms. The number of para-hydroxylation sites is 1. The summed E-state index contributed by atoms with van der Waals surface area (Å²) in [5.41, 5.74) is 3.98. The fourth-order valence-electron chi connectivity index (χ4n) is 3.84. The lowest BCUT2D eigenvalue weighted by Crippen LogP contribution is -2.48. The maximum atomic E-state index is 12.8. The molecule has 0 radical (unpaired) electrons. The molecule has 2 aliphatic heterocycles. The molecule has 1 unspecified atom stereocenters. The van der Waals surface area contributed by atoms with Crippen LogP contribution >= 0.6 is 0 Å². The number of hydrogen-bond acceptors (Lipinski definition) is 4. The topological polar surface area (TPSA) is 56.8 Å². The molecule has 134 valence electrons. The summed E-state index contributed by atoms with van der Waals surface area (Å²) >= 11 is 0. The Balaban J connectivity index is 1.58. The molecule has 1 aromatic heterocycles. The van der Waals surface area contributed by atoms with E-state index in [0.29, 0.717) is 37.9 Å². The molecule has 6 heteroatoms. The van der Waals surface area contributed by atoms with Crippen molar-refractivity contribution in [3.05, 3.63) is 53.9 Å². The molecule has 0 aliphatic carbocycles. The summed E-state index contributed by atoms with van der Waals surface area (Å²) in [5.74, 6) is -0.0717. The van der Waals surface area contributed by atoms with Crippen LogP contribution in [0.2, 0.25) is 0 Å². The Labute approximate surface area is 153 Å². The second kappa shape index (κ2) is 6.78. The van der Waals surface area contributed by atoms with Crippen molar-refractivity contribution in [2.75, 3.05) is 31.1 Å². The van der Waals surface area contributed by atoms with Gasteiger partial charge in [-0.15, -0.1) is 0 Å². The highest BCUT2D eigenvalue weighted by Gasteiger charge is 2.28. The lowest BCUT2D eigenvalue weighted by molar-refractivity contribution is -0.119. The smallest absolute Gasteiger partial charge is 0.272 e. The molecule has 0 saturated carbocycles. The molecule has 1 atom stereocenters. The van der Waals surface area contributed by atoms with E-state index in [-0.39, 0.29) is 5.91 Å². The van der Waals surface area contributed by atoms with Gasteiger partial charge in [-0.3, -0.25) is 14.6 Å². The molecule has 3 heterocycles. The Bertz CT molecular complexity index is 830. The van der Waals surface area contributed by atoms with E-state index in [0.717, 1.165) is 18.5 Å². The van der Waals surface area contributed by atoms with Gasteiger partial charge in [0.15, 0.2) is 0 Å². The van der Waals surface area contributed by atoms with Crippen LogP contribution in [0.1, 0.15) is 23.0 Å². The third-order valence-corrected chi connectivity index (χ3v) is 5.20. The number of hydrogen-bond donors (Lipinski definition) is 0. The number of carbonyl (C=O) groups excluding carboxylic acids is 2. The standard InChI is InChI=1S/C20H22N4O2/c1-15-12-16-4-2-3-5-19(16)24(15)17-6-7-21-18(13-17)20(26)23-10-8-22(14-25)9-11-23/h2-7,13-15H,8-12H2,1H3. The number of amides is 2. The minimum absolute atomic E-state index is 0.0717. The van der Waals surface area contributed by atoms with Gasteiger partial charge in [0.25, 0.3) is 5.91 Å². The first-order valence-corrected chi connectivity index (χ1v) is 8.99. The van der Waals surface area contributed by atoms with Crippen molar-refractivity contribution < 1.29 is 9.59 Å². The van der Waals surface area contributed by atoms with Gasteiger partial charge in [0, 0.05) is 49.8 Å². The average Bonchev–Trinajstić information content (AvgIpc) is 3.03. The van der Waals surface area contributed by atoms with Crippen molar-refractivity contribution in [1.82, 2.24) is 14.8 Å². The molecule has 26 heavy (non-hydrogen) atoms. The Morgan fingerprint density at radius 3 is 2.69 bits per heavy atom. The predicted octanol–water partition coefficient (Wildman–Crippen LogP) is 2.08. The van der Waals surface area contributed by atoms with E-state index < -0.39 is 0 Å². The number of anilines is 2. The second-order valence-corrected chi connectivity index (χ2v) is 6.88. The summed E-state index contributed by atoms with van der Waals surface area (Å²) in [7, 11) is 0. The van der Waals surface area contributed by atoms with Crippen LogP contribution in [0.5, 0.6) is 0 Å². The molecule has 0 N–H and O–H groups in total. The summed E-state index contributed by atoms with van der Waals surface area (Å²) in [4.78, 5) is 33.7. The normalized spacial score (nSPS) is 19.4. The SMILES string of the molecule is CC1Cc2ccccc2N1c1ccnc(C(=O)N2CCN(C=O)CC2)c1. The summed E-state index contributed by atoms with van der Waals surface area (Å²) in [6, 6.07) is 12.6. The number of aromatic nitrogens is 1. The van der Waals surface area contributed by atoms with Crippen LogP contribution in [0.25, 0.3) is 0 Å². The monoisotopic (exact) mass is 350 g/mol. The van der Waals surface area contributed by atoms with E-state index in [4.69, 9.17) is 0 Å². The van der Waals surface area contributed by atoms with Crippen LogP contribution in [0.15, 0.2) is 42.6 Å². The molecule has 1 saturated heterocycles. The second-order valence-electron chi connectivity index (χ2n) is 6.88. The van der Waals surface area contributed by atoms with Crippen molar-refractivity contribution in [1.29, 1.82) is 0 Å². The molecule has 2 amide bonds. The van der Waals surface area contributed by atoms with Crippen LogP contribution in [0.3, 0.4) is 0 Å². The van der Waals surface area contributed by atoms with Gasteiger partial charge in [-0.25, -0.2) is 0 Å². The third kappa shape index (κ3) is 2.92. The maximum absolute atomic E-state index is 12.8. The first-order chi connectivity index (χ1) is 12.7. The molecular weight excluding hydrogens is 328 g/mol. The zero-order chi connectivity index (χ0) is 18.1. The Morgan fingerprint density at radius 1 is 1.15 bits per heavy atom. The lowest BCUT2D eigenvalue weighted by Gasteiger charge is -2.32. The van der Waals surface area contributed by atoms with E-state index in [9.17, 15) is 9.59 Å². The van der Waals surface area contributed by atoms with Gasteiger partial charge in [0.2, 0.25) is 6.41 Å². The van der Waals surface area contributed by atoms with E-state index in [1.807, 2.05) is 18.2 Å². The number of nitrogens with zero attached hydrogens (tertiary/aromatic N) is 4. The van der Waals surface area contributed by atoms with Gasteiger partial charge in [-0.05, 0) is 37.1 Å². The van der Waals surface area contributed by atoms with Crippen LogP contribution in [0.4, 0.5) is 11.4 Å². The average molecular weight is 350 g/mol. The minimum Gasteiger partial charge on any atom is -0.342 e. The molecule has 2 aliphatic rings. The summed E-state index contributed by atoms with van der Waals surface area (Å²) in [5, 5.41) is 0. The lowest BCUT2D eigenvalue weighted by atomic mass is 10.1. The van der Waals surface area contributed by atoms with E-state index in [1.165, 1.54) is 11.3 Å². The van der Waals surface area contributed by atoms with Gasteiger partial charge in [0.1, 0.15) is 5.69 Å². The Morgan fingerprint density at radius 2 is 1.92 bits per heavy atom. The molecule has 1 aromatic carbocycles. The molecular formula is C20H22N4O2. The van der Waals surface area contributed by atoms with E-state index in [1.54, 1.807) is 16.0 Å². The van der Waals surface area contributed by atoms with E-state index in [2.05, 4.69) is 35.0 Å². The van der Waals surface area contributed by atoms with Crippen LogP contribution < -0.4 is 4.90 Å². The summed E-state index contributed by atoms with van der Waals surface area (Å²) < 4.78 is 0. The number of pyridine rings is 1. The quantitative estimate of drug-likeness (QED) is 0.796. The van der Waals surface area contributed by atoms with Gasteiger partial charge in [-0.1, -0.05) is 18.2 Å². The highest BCUT2D eigenvalue weighted by molar-refractivity contribution is 5.93. The highest BCUT2D eigenvalue weighted by Crippen LogP contribution is 2.38. The van der Waals surface area contributed by atoms with E-state index >= 15 is 0 Å². The zero-order valence-corrected chi connectivity index (χ0v) is 14.8. The first kappa shape index (κ1) is 16.6. The summed E-state index contributed by atoms with van der Waals surface area (Å²) in [6.45, 7) is 4.44. The number of carbonyl (C=O) groups is 2. The fourth-order valence-corrected chi connectivity index (χ4v) is 3.84. The number of fused-ring (bicyclic) bond motifs is 1. The van der Waals surface area contributed by atoms with Crippen molar-refractivity contribution >= 4 is 23.7 Å². The minimum atomic E-state index is -0.0717. The van der Waals surface area contributed by atoms with Crippen molar-refractivity contribution in [2.24, 2.45) is 0 Å². The third-order valence-electron chi connectivity index (χ3n) is 5.20. The predicted molar refractivity (Wildman–Crippen MR) is 99.5 cm³/mol. The summed E-state index contributed by atoms with van der Waals surface area (Å²) in [6.07, 6.45) is 3.54. The largest absolute Gasteiger partial charge is 0.342 e. The van der Waals surface area contributed by atoms with Crippen molar-refractivity contribution in [3.63, 3.8) is 0 Å². The van der Waals surface area contributed by atoms with Crippen LogP contribution in [-0.4, -0.2) is 59.3 Å². The fraction of sp³-hybridized carbons (Fsp3) is 0.350. The van der Waals surface area contributed by atoms with Gasteiger partial charge in [-0.2, -0.15) is 0 Å². The number of piperazine rings is 1. The molecule has 4 rings (SSSR count). The molecule has 2 aromatic rings. The number of benzene rings is 1. The van der Waals surface area contributed by atoms with Crippen LogP contribution in [-0.2, 0) is 11.2 Å². The first-order valence-electron chi connectivity index (χ1n) is 8.99.